The maximum atomic E-state index is 13.7. The van der Waals surface area contributed by atoms with Crippen molar-refractivity contribution in [1.82, 2.24) is 9.46 Å². The Balaban J connectivity index is 1.31. The van der Waals surface area contributed by atoms with Crippen LogP contribution >= 0.6 is 0 Å². The summed E-state index contributed by atoms with van der Waals surface area (Å²) < 4.78 is 45.2. The first kappa shape index (κ1) is 25.0. The van der Waals surface area contributed by atoms with Gasteiger partial charge in [0.2, 0.25) is 15.9 Å². The molecule has 1 unspecified atom stereocenters. The Labute approximate surface area is 216 Å². The number of sulfonamides is 1. The number of carbonyl (C=O) groups excluding carboxylic acids is 1. The van der Waals surface area contributed by atoms with Crippen LogP contribution in [0.5, 0.6) is 11.5 Å². The molecule has 194 valence electrons. The summed E-state index contributed by atoms with van der Waals surface area (Å²) in [6.07, 6.45) is 4.56. The van der Waals surface area contributed by atoms with Gasteiger partial charge in [0.25, 0.3) is 0 Å². The smallest absolute Gasteiger partial charge is 0.248 e. The minimum absolute atomic E-state index is 0.0313. The number of rotatable bonds is 6. The molecule has 1 fully saturated rings. The van der Waals surface area contributed by atoms with Crippen LogP contribution in [-0.2, 0) is 14.8 Å². The van der Waals surface area contributed by atoms with Gasteiger partial charge >= 0.3 is 0 Å². The van der Waals surface area contributed by atoms with Gasteiger partial charge in [0.15, 0.2) is 22.2 Å². The molecule has 37 heavy (non-hydrogen) atoms. The minimum atomic E-state index is -3.93. The standard InChI is InChI=1S/C27H29N3O6S/c1-18-5-7-20(8-6-18)9-11-24-26(19(2)29-36-24)37(32,33)30-13-3-4-21(17-30)27(31)28-22-10-12-23-25(16-22)35-15-14-34-23/h5-12,16,21H,3-4,13-15,17H2,1-2H3,(H,28,31). The van der Waals surface area contributed by atoms with Gasteiger partial charge in [0.1, 0.15) is 18.9 Å². The van der Waals surface area contributed by atoms with Gasteiger partial charge in [0, 0.05) is 24.8 Å². The van der Waals surface area contributed by atoms with Gasteiger partial charge in [-0.1, -0.05) is 41.1 Å². The van der Waals surface area contributed by atoms with Crippen LogP contribution in [0.2, 0.25) is 0 Å². The average molecular weight is 524 g/mol. The molecule has 0 aliphatic carbocycles. The zero-order valence-electron chi connectivity index (χ0n) is 20.8. The fourth-order valence-electron chi connectivity index (χ4n) is 4.52. The Hall–Kier alpha value is -3.63. The Kier molecular flexibility index (Phi) is 7.03. The molecule has 2 aromatic carbocycles. The van der Waals surface area contributed by atoms with Crippen molar-refractivity contribution in [3.05, 3.63) is 65.0 Å². The Morgan fingerprint density at radius 1 is 1.05 bits per heavy atom. The van der Waals surface area contributed by atoms with Crippen LogP contribution in [0, 0.1) is 19.8 Å². The molecule has 5 rings (SSSR count). The second-order valence-electron chi connectivity index (χ2n) is 9.26. The van der Waals surface area contributed by atoms with E-state index in [1.54, 1.807) is 37.3 Å². The topological polar surface area (TPSA) is 111 Å². The van der Waals surface area contributed by atoms with Crippen molar-refractivity contribution < 1.29 is 27.2 Å². The fraction of sp³-hybridized carbons (Fsp3) is 0.333. The van der Waals surface area contributed by atoms with E-state index in [0.29, 0.717) is 49.8 Å². The van der Waals surface area contributed by atoms with Crippen LogP contribution in [0.15, 0.2) is 51.9 Å². The number of aryl methyl sites for hydroxylation is 2. The zero-order valence-corrected chi connectivity index (χ0v) is 21.6. The Morgan fingerprint density at radius 2 is 1.81 bits per heavy atom. The molecule has 1 atom stereocenters. The first-order valence-electron chi connectivity index (χ1n) is 12.2. The predicted molar refractivity (Wildman–Crippen MR) is 139 cm³/mol. The van der Waals surface area contributed by atoms with E-state index in [4.69, 9.17) is 14.0 Å². The lowest BCUT2D eigenvalue weighted by Crippen LogP contribution is -2.43. The van der Waals surface area contributed by atoms with Crippen LogP contribution in [-0.4, -0.2) is 50.1 Å². The summed E-state index contributed by atoms with van der Waals surface area (Å²) in [7, 11) is -3.93. The van der Waals surface area contributed by atoms with E-state index in [1.165, 1.54) is 4.31 Å². The molecule has 2 aliphatic heterocycles. The molecule has 1 amide bonds. The van der Waals surface area contributed by atoms with Crippen LogP contribution in [0.1, 0.15) is 35.4 Å². The van der Waals surface area contributed by atoms with E-state index in [1.807, 2.05) is 31.2 Å². The summed E-state index contributed by atoms with van der Waals surface area (Å²) in [6.45, 7) is 4.94. The molecule has 0 bridgehead atoms. The fourth-order valence-corrected chi connectivity index (χ4v) is 6.29. The van der Waals surface area contributed by atoms with E-state index in [9.17, 15) is 13.2 Å². The highest BCUT2D eigenvalue weighted by Crippen LogP contribution is 2.34. The molecule has 1 N–H and O–H groups in total. The monoisotopic (exact) mass is 523 g/mol. The van der Waals surface area contributed by atoms with Crippen LogP contribution in [0.25, 0.3) is 12.2 Å². The molecule has 3 aromatic rings. The van der Waals surface area contributed by atoms with Crippen molar-refractivity contribution in [3.8, 4) is 11.5 Å². The molecule has 2 aliphatic rings. The highest BCUT2D eigenvalue weighted by atomic mass is 32.2. The highest BCUT2D eigenvalue weighted by Gasteiger charge is 2.37. The largest absolute Gasteiger partial charge is 0.486 e. The van der Waals surface area contributed by atoms with Gasteiger partial charge < -0.3 is 19.3 Å². The van der Waals surface area contributed by atoms with E-state index < -0.39 is 15.9 Å². The van der Waals surface area contributed by atoms with Crippen molar-refractivity contribution in [2.75, 3.05) is 31.6 Å². The van der Waals surface area contributed by atoms with Crippen molar-refractivity contribution in [2.24, 2.45) is 5.92 Å². The SMILES string of the molecule is Cc1ccc(C=Cc2onc(C)c2S(=O)(=O)N2CCCC(C(=O)Nc3ccc4c(c3)OCCO4)C2)cc1. The molecular formula is C27H29N3O6S. The molecule has 1 saturated heterocycles. The number of amides is 1. The summed E-state index contributed by atoms with van der Waals surface area (Å²) in [6, 6.07) is 13.1. The number of piperidine rings is 1. The molecule has 0 saturated carbocycles. The van der Waals surface area contributed by atoms with E-state index in [2.05, 4.69) is 10.5 Å². The number of fused-ring (bicyclic) bond motifs is 1. The number of anilines is 1. The second kappa shape index (κ2) is 10.4. The molecule has 0 radical (unpaired) electrons. The number of hydrogen-bond donors (Lipinski definition) is 1. The number of hydrogen-bond acceptors (Lipinski definition) is 7. The number of aromatic nitrogens is 1. The van der Waals surface area contributed by atoms with Gasteiger partial charge in [-0.25, -0.2) is 8.42 Å². The summed E-state index contributed by atoms with van der Waals surface area (Å²) in [5, 5.41) is 6.81. The zero-order chi connectivity index (χ0) is 26.0. The number of nitrogens with zero attached hydrogens (tertiary/aromatic N) is 2. The van der Waals surface area contributed by atoms with Gasteiger partial charge in [0.05, 0.1) is 5.92 Å². The molecule has 10 heteroatoms. The third-order valence-corrected chi connectivity index (χ3v) is 8.52. The van der Waals surface area contributed by atoms with Crippen molar-refractivity contribution >= 4 is 33.8 Å². The third-order valence-electron chi connectivity index (χ3n) is 6.50. The van der Waals surface area contributed by atoms with Crippen LogP contribution in [0.4, 0.5) is 5.69 Å². The Morgan fingerprint density at radius 3 is 2.59 bits per heavy atom. The average Bonchev–Trinajstić information content (AvgIpc) is 3.29. The summed E-state index contributed by atoms with van der Waals surface area (Å²) in [5.74, 6) is 0.643. The van der Waals surface area contributed by atoms with Crippen LogP contribution in [0.3, 0.4) is 0 Å². The second-order valence-corrected chi connectivity index (χ2v) is 11.1. The van der Waals surface area contributed by atoms with Gasteiger partial charge in [-0.05, 0) is 50.5 Å². The maximum Gasteiger partial charge on any atom is 0.248 e. The number of carbonyl (C=O) groups is 1. The lowest BCUT2D eigenvalue weighted by Gasteiger charge is -2.31. The number of benzene rings is 2. The first-order valence-corrected chi connectivity index (χ1v) is 13.7. The van der Waals surface area contributed by atoms with Crippen molar-refractivity contribution in [1.29, 1.82) is 0 Å². The lowest BCUT2D eigenvalue weighted by molar-refractivity contribution is -0.120. The Bertz CT molecular complexity index is 1430. The first-order chi connectivity index (χ1) is 17.8. The number of ether oxygens (including phenoxy) is 2. The molecule has 1 aromatic heterocycles. The summed E-state index contributed by atoms with van der Waals surface area (Å²) in [5.41, 5.74) is 2.91. The van der Waals surface area contributed by atoms with E-state index in [0.717, 1.165) is 11.1 Å². The summed E-state index contributed by atoms with van der Waals surface area (Å²) in [4.78, 5) is 13.1. The maximum absolute atomic E-state index is 13.7. The van der Waals surface area contributed by atoms with Gasteiger partial charge in [-0.2, -0.15) is 4.31 Å². The van der Waals surface area contributed by atoms with Gasteiger partial charge in [-0.15, -0.1) is 0 Å². The quantitative estimate of drug-likeness (QED) is 0.514. The van der Waals surface area contributed by atoms with Gasteiger partial charge in [-0.3, -0.25) is 4.79 Å². The lowest BCUT2D eigenvalue weighted by atomic mass is 9.98. The summed E-state index contributed by atoms with van der Waals surface area (Å²) >= 11 is 0. The van der Waals surface area contributed by atoms with E-state index >= 15 is 0 Å². The third kappa shape index (κ3) is 5.40. The van der Waals surface area contributed by atoms with Crippen molar-refractivity contribution in [3.63, 3.8) is 0 Å². The molecular weight excluding hydrogens is 494 g/mol. The molecule has 9 nitrogen and oxygen atoms in total. The number of nitrogens with one attached hydrogen (secondary N) is 1. The predicted octanol–water partition coefficient (Wildman–Crippen LogP) is 4.27. The van der Waals surface area contributed by atoms with Crippen LogP contribution < -0.4 is 14.8 Å². The molecule has 3 heterocycles. The minimum Gasteiger partial charge on any atom is -0.486 e. The normalized spacial score (nSPS) is 18.2. The molecule has 0 spiro atoms. The van der Waals surface area contributed by atoms with Crippen molar-refractivity contribution in [2.45, 2.75) is 31.6 Å². The van der Waals surface area contributed by atoms with E-state index in [-0.39, 0.29) is 28.8 Å². The highest BCUT2D eigenvalue weighted by molar-refractivity contribution is 7.89.